The first-order valence-electron chi connectivity index (χ1n) is 13.6. The maximum Gasteiger partial charge on any atom is 0.268 e. The van der Waals surface area contributed by atoms with Crippen LogP contribution >= 0.6 is 0 Å². The van der Waals surface area contributed by atoms with Crippen LogP contribution in [0.4, 0.5) is 5.82 Å². The molecule has 10 heteroatoms. The highest BCUT2D eigenvalue weighted by molar-refractivity contribution is 7.90. The van der Waals surface area contributed by atoms with Crippen LogP contribution in [0.2, 0.25) is 0 Å². The van der Waals surface area contributed by atoms with Crippen molar-refractivity contribution in [2.75, 3.05) is 37.6 Å². The van der Waals surface area contributed by atoms with Crippen molar-refractivity contribution in [3.63, 3.8) is 0 Å². The Morgan fingerprint density at radius 3 is 2.58 bits per heavy atom. The molecule has 0 aliphatic carbocycles. The number of rotatable bonds is 8. The molecule has 0 radical (unpaired) electrons. The molecule has 3 aromatic heterocycles. The lowest BCUT2D eigenvalue weighted by atomic mass is 10.1. The van der Waals surface area contributed by atoms with Crippen molar-refractivity contribution in [2.45, 2.75) is 31.1 Å². The van der Waals surface area contributed by atoms with E-state index in [9.17, 15) is 13.7 Å². The van der Waals surface area contributed by atoms with Gasteiger partial charge >= 0.3 is 0 Å². The number of piperazine rings is 1. The maximum absolute atomic E-state index is 13.5. The number of hydrogen-bond acceptors (Lipinski definition) is 7. The number of benzene rings is 2. The largest absolute Gasteiger partial charge is 0.357 e. The van der Waals surface area contributed by atoms with Crippen molar-refractivity contribution < 1.29 is 8.42 Å². The zero-order chi connectivity index (χ0) is 27.7. The van der Waals surface area contributed by atoms with Gasteiger partial charge in [-0.15, -0.1) is 0 Å². The van der Waals surface area contributed by atoms with Gasteiger partial charge in [0.1, 0.15) is 11.8 Å². The summed E-state index contributed by atoms with van der Waals surface area (Å²) in [4.78, 5) is 17.1. The lowest BCUT2D eigenvalue weighted by molar-refractivity contribution is 0.252. The Hall–Kier alpha value is -4.20. The Morgan fingerprint density at radius 2 is 1.80 bits per heavy atom. The van der Waals surface area contributed by atoms with E-state index in [4.69, 9.17) is 0 Å². The van der Waals surface area contributed by atoms with Gasteiger partial charge in [-0.3, -0.25) is 4.90 Å². The summed E-state index contributed by atoms with van der Waals surface area (Å²) in [7, 11) is -3.76. The molecule has 1 saturated heterocycles. The fraction of sp³-hybridized carbons (Fsp3) is 0.300. The van der Waals surface area contributed by atoms with E-state index >= 15 is 0 Å². The van der Waals surface area contributed by atoms with E-state index in [2.05, 4.69) is 30.8 Å². The lowest BCUT2D eigenvalue weighted by Gasteiger charge is -2.35. The van der Waals surface area contributed by atoms with Crippen LogP contribution in [0, 0.1) is 18.3 Å². The minimum Gasteiger partial charge on any atom is -0.357 e. The quantitative estimate of drug-likeness (QED) is 0.282. The van der Waals surface area contributed by atoms with Crippen LogP contribution < -0.4 is 4.90 Å². The summed E-state index contributed by atoms with van der Waals surface area (Å²) >= 11 is 0. The Balaban J connectivity index is 1.11. The van der Waals surface area contributed by atoms with Crippen LogP contribution in [0.5, 0.6) is 0 Å². The summed E-state index contributed by atoms with van der Waals surface area (Å²) in [6.45, 7) is 6.66. The molecule has 1 N–H and O–H groups in total. The highest BCUT2D eigenvalue weighted by atomic mass is 32.2. The summed E-state index contributed by atoms with van der Waals surface area (Å²) < 4.78 is 28.4. The maximum atomic E-state index is 13.5. The van der Waals surface area contributed by atoms with Crippen molar-refractivity contribution >= 4 is 37.8 Å². The summed E-state index contributed by atoms with van der Waals surface area (Å²) in [6, 6.07) is 16.3. The molecule has 0 bridgehead atoms. The van der Waals surface area contributed by atoms with E-state index in [1.807, 2.05) is 19.2 Å². The van der Waals surface area contributed by atoms with Crippen molar-refractivity contribution in [1.29, 1.82) is 5.26 Å². The van der Waals surface area contributed by atoms with Gasteiger partial charge in [0.25, 0.3) is 10.0 Å². The first-order valence-corrected chi connectivity index (χ1v) is 15.0. The number of unbranched alkanes of at least 4 members (excludes halogenated alkanes) is 1. The molecular formula is C30H31N7O2S. The monoisotopic (exact) mass is 553 g/mol. The van der Waals surface area contributed by atoms with Crippen LogP contribution in [-0.4, -0.2) is 65.0 Å². The van der Waals surface area contributed by atoms with E-state index in [0.29, 0.717) is 11.1 Å². The standard InChI is InChI=1S/C30H31N7O2S/c1-22-5-8-25(9-6-22)40(38,39)37-20-24(26-18-23(19-31)7-10-28(26)37)4-2-3-13-35-14-16-36(17-15-35)30-29-27(11-12-32-29)33-21-34-30/h5-12,18,20-21,32H,2-4,13-17H2,1H3. The van der Waals surface area contributed by atoms with E-state index in [-0.39, 0.29) is 4.90 Å². The first kappa shape index (κ1) is 26.0. The minimum atomic E-state index is -3.76. The van der Waals surface area contributed by atoms with Gasteiger partial charge in [-0.25, -0.2) is 22.4 Å². The molecule has 2 aromatic carbocycles. The van der Waals surface area contributed by atoms with Gasteiger partial charge in [0, 0.05) is 44.0 Å². The minimum absolute atomic E-state index is 0.254. The predicted octanol–water partition coefficient (Wildman–Crippen LogP) is 4.47. The second-order valence-corrected chi connectivity index (χ2v) is 12.1. The normalized spacial score (nSPS) is 14.7. The average molecular weight is 554 g/mol. The Morgan fingerprint density at radius 1 is 1.00 bits per heavy atom. The van der Waals surface area contributed by atoms with Crippen LogP contribution in [0.15, 0.2) is 72.1 Å². The summed E-state index contributed by atoms with van der Waals surface area (Å²) in [5.74, 6) is 0.961. The molecule has 9 nitrogen and oxygen atoms in total. The molecule has 1 aliphatic rings. The summed E-state index contributed by atoms with van der Waals surface area (Å²) in [5, 5.41) is 10.3. The third kappa shape index (κ3) is 4.94. The van der Waals surface area contributed by atoms with Gasteiger partial charge in [-0.1, -0.05) is 17.7 Å². The van der Waals surface area contributed by atoms with Gasteiger partial charge in [-0.2, -0.15) is 5.26 Å². The average Bonchev–Trinajstić information content (AvgIpc) is 3.61. The van der Waals surface area contributed by atoms with E-state index in [0.717, 1.165) is 85.4 Å². The third-order valence-corrected chi connectivity index (χ3v) is 9.42. The number of hydrogen-bond donors (Lipinski definition) is 1. The highest BCUT2D eigenvalue weighted by Crippen LogP contribution is 2.29. The summed E-state index contributed by atoms with van der Waals surface area (Å²) in [5.41, 5.74) is 5.00. The molecule has 0 spiro atoms. The number of nitrogens with zero attached hydrogens (tertiary/aromatic N) is 6. The molecule has 204 valence electrons. The number of aryl methyl sites for hydroxylation is 2. The second-order valence-electron chi connectivity index (χ2n) is 10.3. The lowest BCUT2D eigenvalue weighted by Crippen LogP contribution is -2.47. The highest BCUT2D eigenvalue weighted by Gasteiger charge is 2.22. The van der Waals surface area contributed by atoms with Gasteiger partial charge in [0.05, 0.1) is 27.6 Å². The number of H-pyrrole nitrogens is 1. The number of aromatic amines is 1. The molecule has 0 atom stereocenters. The molecule has 40 heavy (non-hydrogen) atoms. The van der Waals surface area contributed by atoms with Gasteiger partial charge < -0.3 is 9.88 Å². The second kappa shape index (κ2) is 10.8. The fourth-order valence-corrected chi connectivity index (χ4v) is 6.88. The smallest absolute Gasteiger partial charge is 0.268 e. The third-order valence-electron chi connectivity index (χ3n) is 7.73. The molecule has 5 aromatic rings. The van der Waals surface area contributed by atoms with Gasteiger partial charge in [0.2, 0.25) is 0 Å². The van der Waals surface area contributed by atoms with Gasteiger partial charge in [0.15, 0.2) is 5.82 Å². The molecule has 6 rings (SSSR count). The molecule has 0 unspecified atom stereocenters. The Kier molecular flexibility index (Phi) is 7.00. The molecule has 4 heterocycles. The van der Waals surface area contributed by atoms with Crippen LogP contribution in [0.1, 0.15) is 29.5 Å². The summed E-state index contributed by atoms with van der Waals surface area (Å²) in [6.07, 6.45) is 7.94. The number of fused-ring (bicyclic) bond motifs is 2. The zero-order valence-corrected chi connectivity index (χ0v) is 23.2. The van der Waals surface area contributed by atoms with Crippen molar-refractivity contribution in [3.8, 4) is 6.07 Å². The Labute approximate surface area is 233 Å². The molecule has 1 aliphatic heterocycles. The fourth-order valence-electron chi connectivity index (χ4n) is 5.49. The van der Waals surface area contributed by atoms with Crippen LogP contribution in [0.25, 0.3) is 21.9 Å². The van der Waals surface area contributed by atoms with E-state index < -0.39 is 10.0 Å². The number of anilines is 1. The molecule has 0 saturated carbocycles. The molecule has 1 fully saturated rings. The zero-order valence-electron chi connectivity index (χ0n) is 22.4. The number of nitrogens with one attached hydrogen (secondary N) is 1. The topological polar surface area (TPSA) is 111 Å². The van der Waals surface area contributed by atoms with Crippen LogP contribution in [0.3, 0.4) is 0 Å². The first-order chi connectivity index (χ1) is 19.4. The number of aromatic nitrogens is 4. The van der Waals surface area contributed by atoms with Crippen molar-refractivity contribution in [1.82, 2.24) is 23.8 Å². The number of nitriles is 1. The Bertz CT molecular complexity index is 1810. The van der Waals surface area contributed by atoms with Crippen molar-refractivity contribution in [2.24, 2.45) is 0 Å². The van der Waals surface area contributed by atoms with E-state index in [1.54, 1.807) is 55.0 Å². The molecular weight excluding hydrogens is 522 g/mol. The van der Waals surface area contributed by atoms with Gasteiger partial charge in [-0.05, 0) is 74.7 Å². The molecule has 0 amide bonds. The van der Waals surface area contributed by atoms with Crippen LogP contribution in [-0.2, 0) is 16.4 Å². The predicted molar refractivity (Wildman–Crippen MR) is 156 cm³/mol. The SMILES string of the molecule is Cc1ccc(S(=O)(=O)n2cc(CCCCN3CCN(c4ncnc5cc[nH]c45)CC3)c3cc(C#N)ccc32)cc1. The van der Waals surface area contributed by atoms with E-state index in [1.165, 1.54) is 3.97 Å². The van der Waals surface area contributed by atoms with Crippen molar-refractivity contribution in [3.05, 3.63) is 83.9 Å².